The van der Waals surface area contributed by atoms with Crippen molar-refractivity contribution < 1.29 is 4.79 Å². The summed E-state index contributed by atoms with van der Waals surface area (Å²) in [5.74, 6) is 0.814. The van der Waals surface area contributed by atoms with Crippen molar-refractivity contribution in [1.82, 2.24) is 5.32 Å². The molecule has 0 atom stereocenters. The number of carbonyl (C=O) groups is 1. The summed E-state index contributed by atoms with van der Waals surface area (Å²) >= 11 is 7.65. The van der Waals surface area contributed by atoms with Crippen molar-refractivity contribution in [3.63, 3.8) is 0 Å². The molecular formula is C21H18ClNOS. The summed E-state index contributed by atoms with van der Waals surface area (Å²) in [6, 6.07) is 25.5. The Hall–Kier alpha value is -2.23. The minimum atomic E-state index is -0.0720. The lowest BCUT2D eigenvalue weighted by molar-refractivity contribution is 0.0951. The molecule has 4 heteroatoms. The quantitative estimate of drug-likeness (QED) is 0.577. The fourth-order valence-corrected chi connectivity index (χ4v) is 3.32. The van der Waals surface area contributed by atoms with Crippen LogP contribution in [0.3, 0.4) is 0 Å². The lowest BCUT2D eigenvalue weighted by Crippen LogP contribution is -2.22. The Morgan fingerprint density at radius 2 is 1.48 bits per heavy atom. The first-order valence-electron chi connectivity index (χ1n) is 8.00. The van der Waals surface area contributed by atoms with Crippen LogP contribution in [0.1, 0.15) is 21.5 Å². The third-order valence-corrected chi connectivity index (χ3v) is 5.07. The van der Waals surface area contributed by atoms with Crippen LogP contribution in [-0.2, 0) is 12.3 Å². The van der Waals surface area contributed by atoms with Gasteiger partial charge in [-0.15, -0.1) is 11.8 Å². The van der Waals surface area contributed by atoms with Crippen LogP contribution in [0.25, 0.3) is 0 Å². The number of benzene rings is 3. The summed E-state index contributed by atoms with van der Waals surface area (Å²) in [5.41, 5.74) is 2.89. The van der Waals surface area contributed by atoms with E-state index in [2.05, 4.69) is 17.4 Å². The summed E-state index contributed by atoms with van der Waals surface area (Å²) in [4.78, 5) is 13.5. The number of halogens is 1. The molecule has 0 spiro atoms. The maximum atomic E-state index is 12.2. The highest BCUT2D eigenvalue weighted by molar-refractivity contribution is 7.98. The minimum Gasteiger partial charge on any atom is -0.348 e. The molecule has 0 aromatic heterocycles. The van der Waals surface area contributed by atoms with E-state index < -0.39 is 0 Å². The van der Waals surface area contributed by atoms with Crippen LogP contribution in [0, 0.1) is 0 Å². The molecular weight excluding hydrogens is 350 g/mol. The van der Waals surface area contributed by atoms with Gasteiger partial charge >= 0.3 is 0 Å². The number of thioether (sulfide) groups is 1. The number of nitrogens with one attached hydrogen (secondary N) is 1. The van der Waals surface area contributed by atoms with E-state index in [0.29, 0.717) is 17.1 Å². The van der Waals surface area contributed by atoms with Crippen LogP contribution in [0.4, 0.5) is 0 Å². The van der Waals surface area contributed by atoms with Crippen LogP contribution in [0.2, 0.25) is 5.02 Å². The van der Waals surface area contributed by atoms with Gasteiger partial charge in [0.1, 0.15) is 0 Å². The maximum absolute atomic E-state index is 12.2. The average Bonchev–Trinajstić information content (AvgIpc) is 2.67. The summed E-state index contributed by atoms with van der Waals surface area (Å²) < 4.78 is 0. The Kier molecular flexibility index (Phi) is 6.15. The van der Waals surface area contributed by atoms with E-state index in [9.17, 15) is 4.79 Å². The Bertz CT molecular complexity index is 817. The van der Waals surface area contributed by atoms with E-state index >= 15 is 0 Å². The summed E-state index contributed by atoms with van der Waals surface area (Å²) in [6.07, 6.45) is 0. The minimum absolute atomic E-state index is 0.0720. The summed E-state index contributed by atoms with van der Waals surface area (Å²) in [7, 11) is 0. The number of hydrogen-bond donors (Lipinski definition) is 1. The van der Waals surface area contributed by atoms with Crippen molar-refractivity contribution >= 4 is 29.3 Å². The van der Waals surface area contributed by atoms with E-state index in [1.807, 2.05) is 66.7 Å². The third-order valence-electron chi connectivity index (χ3n) is 3.73. The average molecular weight is 368 g/mol. The Morgan fingerprint density at radius 1 is 0.840 bits per heavy atom. The van der Waals surface area contributed by atoms with Crippen LogP contribution in [-0.4, -0.2) is 5.91 Å². The van der Waals surface area contributed by atoms with Crippen LogP contribution >= 0.6 is 23.4 Å². The third kappa shape index (κ3) is 5.38. The molecule has 126 valence electrons. The van der Waals surface area contributed by atoms with Crippen molar-refractivity contribution in [2.75, 3.05) is 0 Å². The molecule has 0 radical (unpaired) electrons. The number of rotatable bonds is 6. The fraction of sp³-hybridized carbons (Fsp3) is 0.0952. The molecule has 0 unspecified atom stereocenters. The van der Waals surface area contributed by atoms with Gasteiger partial charge in [0.25, 0.3) is 5.91 Å². The van der Waals surface area contributed by atoms with Gasteiger partial charge in [0, 0.05) is 27.8 Å². The number of carbonyl (C=O) groups excluding carboxylic acids is 1. The second-order valence-corrected chi connectivity index (χ2v) is 7.09. The van der Waals surface area contributed by atoms with Gasteiger partial charge in [0.2, 0.25) is 0 Å². The molecule has 0 saturated carbocycles. The van der Waals surface area contributed by atoms with E-state index in [-0.39, 0.29) is 5.91 Å². The van der Waals surface area contributed by atoms with E-state index in [1.165, 1.54) is 10.5 Å². The molecule has 3 rings (SSSR count). The standard InChI is InChI=1S/C21H18ClNOS/c22-19-12-8-16(9-13-19)14-23-21(24)18-10-6-17(7-11-18)15-25-20-4-2-1-3-5-20/h1-13H,14-15H2,(H,23,24). The monoisotopic (exact) mass is 367 g/mol. The molecule has 25 heavy (non-hydrogen) atoms. The predicted octanol–water partition coefficient (Wildman–Crippen LogP) is 5.56. The lowest BCUT2D eigenvalue weighted by Gasteiger charge is -2.07. The normalized spacial score (nSPS) is 10.4. The second kappa shape index (κ2) is 8.75. The highest BCUT2D eigenvalue weighted by Crippen LogP contribution is 2.22. The summed E-state index contributed by atoms with van der Waals surface area (Å²) in [6.45, 7) is 0.488. The zero-order valence-corrected chi connectivity index (χ0v) is 15.2. The largest absolute Gasteiger partial charge is 0.348 e. The van der Waals surface area contributed by atoms with Gasteiger partial charge in [-0.2, -0.15) is 0 Å². The Balaban J connectivity index is 1.52. The highest BCUT2D eigenvalue weighted by Gasteiger charge is 2.05. The van der Waals surface area contributed by atoms with Crippen molar-refractivity contribution in [2.45, 2.75) is 17.2 Å². The first-order chi connectivity index (χ1) is 12.2. The number of hydrogen-bond acceptors (Lipinski definition) is 2. The number of amides is 1. The fourth-order valence-electron chi connectivity index (χ4n) is 2.32. The SMILES string of the molecule is O=C(NCc1ccc(Cl)cc1)c1ccc(CSc2ccccc2)cc1. The molecule has 0 aliphatic carbocycles. The topological polar surface area (TPSA) is 29.1 Å². The maximum Gasteiger partial charge on any atom is 0.251 e. The van der Waals surface area contributed by atoms with Crippen LogP contribution in [0.15, 0.2) is 83.8 Å². The molecule has 0 aliphatic heterocycles. The van der Waals surface area contributed by atoms with Crippen molar-refractivity contribution in [3.8, 4) is 0 Å². The molecule has 1 amide bonds. The molecule has 0 saturated heterocycles. The molecule has 0 bridgehead atoms. The second-order valence-electron chi connectivity index (χ2n) is 5.61. The Labute approximate surface area is 157 Å². The van der Waals surface area contributed by atoms with Gasteiger partial charge in [-0.1, -0.05) is 54.1 Å². The molecule has 2 nitrogen and oxygen atoms in total. The molecule has 1 N–H and O–H groups in total. The zero-order chi connectivity index (χ0) is 17.5. The first-order valence-corrected chi connectivity index (χ1v) is 9.36. The Morgan fingerprint density at radius 3 is 2.16 bits per heavy atom. The van der Waals surface area contributed by atoms with Gasteiger partial charge in [0.15, 0.2) is 0 Å². The van der Waals surface area contributed by atoms with Gasteiger partial charge in [0.05, 0.1) is 0 Å². The molecule has 0 fully saturated rings. The predicted molar refractivity (Wildman–Crippen MR) is 105 cm³/mol. The molecule has 0 aliphatic rings. The van der Waals surface area contributed by atoms with Gasteiger partial charge in [-0.25, -0.2) is 0 Å². The van der Waals surface area contributed by atoms with E-state index in [1.54, 1.807) is 11.8 Å². The van der Waals surface area contributed by atoms with E-state index in [4.69, 9.17) is 11.6 Å². The van der Waals surface area contributed by atoms with Crippen LogP contribution < -0.4 is 5.32 Å². The van der Waals surface area contributed by atoms with Crippen LogP contribution in [0.5, 0.6) is 0 Å². The molecule has 3 aromatic rings. The van der Waals surface area contributed by atoms with Crippen molar-refractivity contribution in [1.29, 1.82) is 0 Å². The molecule has 0 heterocycles. The van der Waals surface area contributed by atoms with Gasteiger partial charge in [-0.05, 0) is 47.5 Å². The first kappa shape index (κ1) is 17.6. The lowest BCUT2D eigenvalue weighted by atomic mass is 10.1. The van der Waals surface area contributed by atoms with Gasteiger partial charge < -0.3 is 5.32 Å². The van der Waals surface area contributed by atoms with Crippen molar-refractivity contribution in [2.24, 2.45) is 0 Å². The molecule has 3 aromatic carbocycles. The van der Waals surface area contributed by atoms with Gasteiger partial charge in [-0.3, -0.25) is 4.79 Å². The van der Waals surface area contributed by atoms with Crippen molar-refractivity contribution in [3.05, 3.63) is 101 Å². The highest BCUT2D eigenvalue weighted by atomic mass is 35.5. The van der Waals surface area contributed by atoms with E-state index in [0.717, 1.165) is 11.3 Å². The zero-order valence-electron chi connectivity index (χ0n) is 13.6. The summed E-state index contributed by atoms with van der Waals surface area (Å²) in [5, 5.41) is 3.62. The smallest absolute Gasteiger partial charge is 0.251 e.